The van der Waals surface area contributed by atoms with E-state index in [1.165, 1.54) is 0 Å². The molecule has 0 aliphatic rings. The van der Waals surface area contributed by atoms with Gasteiger partial charge in [0.15, 0.2) is 0 Å². The van der Waals surface area contributed by atoms with Gasteiger partial charge < -0.3 is 10.1 Å². The van der Waals surface area contributed by atoms with Crippen LogP contribution in [-0.2, 0) is 5.75 Å². The Bertz CT molecular complexity index is 860. The highest BCUT2D eigenvalue weighted by molar-refractivity contribution is 8.00. The summed E-state index contributed by atoms with van der Waals surface area (Å²) in [4.78, 5) is 17.1. The molecule has 0 radical (unpaired) electrons. The van der Waals surface area contributed by atoms with Gasteiger partial charge in [-0.2, -0.15) is 0 Å². The highest BCUT2D eigenvalue weighted by Crippen LogP contribution is 2.27. The van der Waals surface area contributed by atoms with Gasteiger partial charge in [-0.1, -0.05) is 30.0 Å². The molecule has 0 saturated carbocycles. The Labute approximate surface area is 155 Å². The van der Waals surface area contributed by atoms with Crippen molar-refractivity contribution in [2.45, 2.75) is 17.0 Å². The summed E-state index contributed by atoms with van der Waals surface area (Å²) >= 11 is 3.28. The first-order chi connectivity index (χ1) is 12.2. The van der Waals surface area contributed by atoms with Gasteiger partial charge in [0, 0.05) is 28.1 Å². The minimum absolute atomic E-state index is 0.114. The van der Waals surface area contributed by atoms with Gasteiger partial charge in [0.1, 0.15) is 10.1 Å². The number of amides is 1. The molecule has 0 aliphatic carbocycles. The molecule has 0 atom stereocenters. The quantitative estimate of drug-likeness (QED) is 0.620. The standard InChI is InChI=1S/C19H18N2O2S2/c1-13-11-24-19(20-13)25-12-14-5-3-4-6-17(14)18(22)21-15-7-9-16(23-2)10-8-15/h3-11H,12H2,1-2H3,(H,21,22). The van der Waals surface area contributed by atoms with Crippen LogP contribution >= 0.6 is 23.1 Å². The van der Waals surface area contributed by atoms with E-state index in [9.17, 15) is 4.79 Å². The van der Waals surface area contributed by atoms with Crippen LogP contribution in [0, 0.1) is 6.92 Å². The molecule has 0 spiro atoms. The zero-order valence-electron chi connectivity index (χ0n) is 14.0. The zero-order valence-corrected chi connectivity index (χ0v) is 15.6. The van der Waals surface area contributed by atoms with Crippen LogP contribution in [0.2, 0.25) is 0 Å². The number of carbonyl (C=O) groups is 1. The summed E-state index contributed by atoms with van der Waals surface area (Å²) < 4.78 is 6.15. The average Bonchev–Trinajstić information content (AvgIpc) is 3.06. The average molecular weight is 370 g/mol. The number of anilines is 1. The lowest BCUT2D eigenvalue weighted by Gasteiger charge is -2.10. The van der Waals surface area contributed by atoms with E-state index in [1.807, 2.05) is 60.8 Å². The van der Waals surface area contributed by atoms with Crippen LogP contribution in [0.25, 0.3) is 0 Å². The maximum Gasteiger partial charge on any atom is 0.255 e. The number of hydrogen-bond donors (Lipinski definition) is 1. The van der Waals surface area contributed by atoms with Gasteiger partial charge in [-0.05, 0) is 42.8 Å². The van der Waals surface area contributed by atoms with Gasteiger partial charge in [-0.25, -0.2) is 4.98 Å². The largest absolute Gasteiger partial charge is 0.497 e. The Morgan fingerprint density at radius 2 is 1.96 bits per heavy atom. The van der Waals surface area contributed by atoms with E-state index >= 15 is 0 Å². The number of rotatable bonds is 6. The summed E-state index contributed by atoms with van der Waals surface area (Å²) in [5.41, 5.74) is 3.44. The molecule has 1 heterocycles. The second-order valence-electron chi connectivity index (χ2n) is 5.38. The Kier molecular flexibility index (Phi) is 5.73. The van der Waals surface area contributed by atoms with Crippen LogP contribution < -0.4 is 10.1 Å². The number of hydrogen-bond acceptors (Lipinski definition) is 5. The monoisotopic (exact) mass is 370 g/mol. The lowest BCUT2D eigenvalue weighted by molar-refractivity contribution is 0.102. The molecule has 2 aromatic carbocycles. The van der Waals surface area contributed by atoms with Crippen LogP contribution in [0.15, 0.2) is 58.3 Å². The number of carbonyl (C=O) groups excluding carboxylic acids is 1. The summed E-state index contributed by atoms with van der Waals surface area (Å²) in [7, 11) is 1.62. The van der Waals surface area contributed by atoms with Gasteiger partial charge in [-0.15, -0.1) is 11.3 Å². The van der Waals surface area contributed by atoms with Crippen molar-refractivity contribution in [3.05, 3.63) is 70.7 Å². The molecule has 4 nitrogen and oxygen atoms in total. The Balaban J connectivity index is 1.71. The second-order valence-corrected chi connectivity index (χ2v) is 7.46. The number of aromatic nitrogens is 1. The number of nitrogens with one attached hydrogen (secondary N) is 1. The number of aryl methyl sites for hydroxylation is 1. The number of nitrogens with zero attached hydrogens (tertiary/aromatic N) is 1. The smallest absolute Gasteiger partial charge is 0.255 e. The molecule has 0 fully saturated rings. The van der Waals surface area contributed by atoms with Crippen molar-refractivity contribution in [1.29, 1.82) is 0 Å². The summed E-state index contributed by atoms with van der Waals surface area (Å²) in [6.45, 7) is 1.98. The molecule has 6 heteroatoms. The van der Waals surface area contributed by atoms with Crippen molar-refractivity contribution in [2.75, 3.05) is 12.4 Å². The maximum absolute atomic E-state index is 12.6. The molecule has 1 N–H and O–H groups in total. The summed E-state index contributed by atoms with van der Waals surface area (Å²) in [6, 6.07) is 15.0. The first-order valence-corrected chi connectivity index (χ1v) is 9.60. The number of benzene rings is 2. The molecular weight excluding hydrogens is 352 g/mol. The summed E-state index contributed by atoms with van der Waals surface area (Å²) in [6.07, 6.45) is 0. The minimum atomic E-state index is -0.114. The van der Waals surface area contributed by atoms with Crippen molar-refractivity contribution in [3.63, 3.8) is 0 Å². The number of thioether (sulfide) groups is 1. The molecule has 3 rings (SSSR count). The lowest BCUT2D eigenvalue weighted by Crippen LogP contribution is -2.13. The first kappa shape index (κ1) is 17.5. The molecule has 1 aromatic heterocycles. The van der Waals surface area contributed by atoms with E-state index in [-0.39, 0.29) is 5.91 Å². The van der Waals surface area contributed by atoms with E-state index in [0.717, 1.165) is 27.0 Å². The van der Waals surface area contributed by atoms with Gasteiger partial charge >= 0.3 is 0 Å². The Morgan fingerprint density at radius 3 is 2.64 bits per heavy atom. The molecule has 128 valence electrons. The Morgan fingerprint density at radius 1 is 1.20 bits per heavy atom. The molecule has 0 aliphatic heterocycles. The maximum atomic E-state index is 12.6. The third-order valence-electron chi connectivity index (χ3n) is 3.56. The van der Waals surface area contributed by atoms with Gasteiger partial charge in [0.25, 0.3) is 5.91 Å². The molecule has 0 bridgehead atoms. The summed E-state index contributed by atoms with van der Waals surface area (Å²) in [5, 5.41) is 4.97. The van der Waals surface area contributed by atoms with Crippen LogP contribution in [0.1, 0.15) is 21.6 Å². The predicted molar refractivity (Wildman–Crippen MR) is 104 cm³/mol. The van der Waals surface area contributed by atoms with E-state index in [4.69, 9.17) is 4.74 Å². The molecule has 0 unspecified atom stereocenters. The van der Waals surface area contributed by atoms with Gasteiger partial charge in [0.05, 0.1) is 7.11 Å². The fourth-order valence-electron chi connectivity index (χ4n) is 2.28. The molecule has 0 saturated heterocycles. The third-order valence-corrected chi connectivity index (χ3v) is 5.75. The lowest BCUT2D eigenvalue weighted by atomic mass is 10.1. The minimum Gasteiger partial charge on any atom is -0.497 e. The number of ether oxygens (including phenoxy) is 1. The van der Waals surface area contributed by atoms with Gasteiger partial charge in [-0.3, -0.25) is 4.79 Å². The van der Waals surface area contributed by atoms with Crippen LogP contribution in [-0.4, -0.2) is 18.0 Å². The molecular formula is C19H18N2O2S2. The van der Waals surface area contributed by atoms with E-state index < -0.39 is 0 Å². The van der Waals surface area contributed by atoms with Crippen molar-refractivity contribution in [1.82, 2.24) is 4.98 Å². The normalized spacial score (nSPS) is 10.5. The second kappa shape index (κ2) is 8.18. The molecule has 1 amide bonds. The first-order valence-electron chi connectivity index (χ1n) is 7.74. The van der Waals surface area contributed by atoms with E-state index in [2.05, 4.69) is 10.3 Å². The zero-order chi connectivity index (χ0) is 17.6. The SMILES string of the molecule is COc1ccc(NC(=O)c2ccccc2CSc2nc(C)cs2)cc1. The topological polar surface area (TPSA) is 51.2 Å². The Hall–Kier alpha value is -2.31. The molecule has 3 aromatic rings. The third kappa shape index (κ3) is 4.61. The molecule has 25 heavy (non-hydrogen) atoms. The van der Waals surface area contributed by atoms with Crippen LogP contribution in [0.4, 0.5) is 5.69 Å². The summed E-state index contributed by atoms with van der Waals surface area (Å²) in [5.74, 6) is 1.35. The fourth-order valence-corrected chi connectivity index (χ4v) is 4.13. The fraction of sp³-hybridized carbons (Fsp3) is 0.158. The van der Waals surface area contributed by atoms with Crippen molar-refractivity contribution in [3.8, 4) is 5.75 Å². The highest BCUT2D eigenvalue weighted by Gasteiger charge is 2.12. The highest BCUT2D eigenvalue weighted by atomic mass is 32.2. The van der Waals surface area contributed by atoms with Gasteiger partial charge in [0.2, 0.25) is 0 Å². The van der Waals surface area contributed by atoms with Crippen LogP contribution in [0.5, 0.6) is 5.75 Å². The van der Waals surface area contributed by atoms with Crippen molar-refractivity contribution < 1.29 is 9.53 Å². The number of methoxy groups -OCH3 is 1. The van der Waals surface area contributed by atoms with Crippen molar-refractivity contribution >= 4 is 34.7 Å². The van der Waals surface area contributed by atoms with E-state index in [0.29, 0.717) is 11.3 Å². The van der Waals surface area contributed by atoms with Crippen LogP contribution in [0.3, 0.4) is 0 Å². The van der Waals surface area contributed by atoms with Crippen molar-refractivity contribution in [2.24, 2.45) is 0 Å². The van der Waals surface area contributed by atoms with E-state index in [1.54, 1.807) is 30.2 Å². The number of thiazole rings is 1. The predicted octanol–water partition coefficient (Wildman–Crippen LogP) is 5.00.